The second kappa shape index (κ2) is 13.7. The summed E-state index contributed by atoms with van der Waals surface area (Å²) in [6.45, 7) is 3.70. The SMILES string of the molecule is CC(O)COC(C)CO.O=C(O)C(=O)O.O=C(O)c1ccccc1O. The summed E-state index contributed by atoms with van der Waals surface area (Å²) in [7, 11) is 0. The van der Waals surface area contributed by atoms with Gasteiger partial charge >= 0.3 is 17.9 Å². The highest BCUT2D eigenvalue weighted by Crippen LogP contribution is 2.14. The van der Waals surface area contributed by atoms with Crippen LogP contribution in [0, 0.1) is 0 Å². The van der Waals surface area contributed by atoms with Gasteiger partial charge in [-0.15, -0.1) is 0 Å². The molecule has 0 heterocycles. The van der Waals surface area contributed by atoms with Crippen LogP contribution in [0.3, 0.4) is 0 Å². The fourth-order valence-electron chi connectivity index (χ4n) is 1.01. The molecule has 0 aromatic heterocycles. The van der Waals surface area contributed by atoms with E-state index in [1.807, 2.05) is 0 Å². The molecular formula is C15H22O10. The van der Waals surface area contributed by atoms with E-state index < -0.39 is 24.0 Å². The van der Waals surface area contributed by atoms with Gasteiger partial charge in [0.25, 0.3) is 0 Å². The number of aliphatic hydroxyl groups is 2. The first-order valence-corrected chi connectivity index (χ1v) is 6.90. The van der Waals surface area contributed by atoms with Crippen molar-refractivity contribution >= 4 is 17.9 Å². The lowest BCUT2D eigenvalue weighted by Crippen LogP contribution is -2.19. The summed E-state index contributed by atoms with van der Waals surface area (Å²) in [5.74, 6) is -4.96. The molecule has 2 atom stereocenters. The van der Waals surface area contributed by atoms with Crippen LogP contribution in [0.2, 0.25) is 0 Å². The van der Waals surface area contributed by atoms with Crippen LogP contribution in [0.1, 0.15) is 24.2 Å². The largest absolute Gasteiger partial charge is 0.507 e. The first-order valence-electron chi connectivity index (χ1n) is 6.90. The third kappa shape index (κ3) is 14.6. The van der Waals surface area contributed by atoms with Crippen molar-refractivity contribution in [3.05, 3.63) is 29.8 Å². The number of phenols is 1. The molecule has 0 aliphatic heterocycles. The molecule has 6 N–H and O–H groups in total. The number of rotatable bonds is 5. The molecule has 10 heteroatoms. The fraction of sp³-hybridized carbons (Fsp3) is 0.400. The van der Waals surface area contributed by atoms with Gasteiger partial charge in [0.05, 0.1) is 25.4 Å². The molecule has 25 heavy (non-hydrogen) atoms. The predicted octanol–water partition coefficient (Wildman–Crippen LogP) is 0.0106. The van der Waals surface area contributed by atoms with Crippen molar-refractivity contribution in [2.45, 2.75) is 26.1 Å². The van der Waals surface area contributed by atoms with Crippen molar-refractivity contribution in [2.75, 3.05) is 13.2 Å². The summed E-state index contributed by atoms with van der Waals surface area (Å²) in [6.07, 6.45) is -0.612. The first kappa shape index (κ1) is 24.6. The van der Waals surface area contributed by atoms with Crippen LogP contribution in [0.5, 0.6) is 5.75 Å². The molecule has 0 bridgehead atoms. The van der Waals surface area contributed by atoms with E-state index in [2.05, 4.69) is 0 Å². The summed E-state index contributed by atoms with van der Waals surface area (Å²) in [5, 5.41) is 49.2. The lowest BCUT2D eigenvalue weighted by molar-refractivity contribution is -0.159. The zero-order valence-corrected chi connectivity index (χ0v) is 13.7. The molecule has 0 saturated carbocycles. The Morgan fingerprint density at radius 2 is 1.52 bits per heavy atom. The van der Waals surface area contributed by atoms with Crippen molar-refractivity contribution in [1.82, 2.24) is 0 Å². The molecule has 0 aliphatic rings. The van der Waals surface area contributed by atoms with Crippen molar-refractivity contribution < 1.29 is 49.8 Å². The number of carbonyl (C=O) groups is 3. The number of benzene rings is 1. The quantitative estimate of drug-likeness (QED) is 0.390. The zero-order valence-electron chi connectivity index (χ0n) is 13.7. The van der Waals surface area contributed by atoms with E-state index in [4.69, 9.17) is 45.0 Å². The average molecular weight is 362 g/mol. The minimum Gasteiger partial charge on any atom is -0.507 e. The number of aromatic carboxylic acids is 1. The molecule has 10 nitrogen and oxygen atoms in total. The smallest absolute Gasteiger partial charge is 0.414 e. The third-order valence-corrected chi connectivity index (χ3v) is 2.20. The number of hydrogen-bond donors (Lipinski definition) is 6. The predicted molar refractivity (Wildman–Crippen MR) is 84.5 cm³/mol. The topological polar surface area (TPSA) is 182 Å². The molecule has 0 fully saturated rings. The van der Waals surface area contributed by atoms with Crippen LogP contribution in [-0.2, 0) is 14.3 Å². The van der Waals surface area contributed by atoms with Crippen LogP contribution in [-0.4, -0.2) is 74.0 Å². The summed E-state index contributed by atoms with van der Waals surface area (Å²) in [4.78, 5) is 28.5. The lowest BCUT2D eigenvalue weighted by atomic mass is 10.2. The van der Waals surface area contributed by atoms with Gasteiger partial charge in [-0.05, 0) is 26.0 Å². The molecule has 142 valence electrons. The third-order valence-electron chi connectivity index (χ3n) is 2.20. The van der Waals surface area contributed by atoms with E-state index in [1.165, 1.54) is 12.1 Å². The second-order valence-corrected chi connectivity index (χ2v) is 4.61. The second-order valence-electron chi connectivity index (χ2n) is 4.61. The fourth-order valence-corrected chi connectivity index (χ4v) is 1.01. The van der Waals surface area contributed by atoms with Gasteiger partial charge in [0.1, 0.15) is 11.3 Å². The van der Waals surface area contributed by atoms with E-state index in [9.17, 15) is 4.79 Å². The molecule has 2 unspecified atom stereocenters. The van der Waals surface area contributed by atoms with Crippen molar-refractivity contribution in [3.8, 4) is 5.75 Å². The Kier molecular flexibility index (Phi) is 13.5. The van der Waals surface area contributed by atoms with E-state index in [0.29, 0.717) is 6.61 Å². The summed E-state index contributed by atoms with van der Waals surface area (Å²) in [6, 6.07) is 5.81. The van der Waals surface area contributed by atoms with E-state index in [1.54, 1.807) is 26.0 Å². The normalized spacial score (nSPS) is 11.7. The van der Waals surface area contributed by atoms with Crippen LogP contribution < -0.4 is 0 Å². The van der Waals surface area contributed by atoms with Gasteiger partial charge < -0.3 is 35.4 Å². The van der Waals surface area contributed by atoms with Gasteiger partial charge in [-0.2, -0.15) is 0 Å². The maximum Gasteiger partial charge on any atom is 0.414 e. The molecule has 1 aromatic carbocycles. The minimum atomic E-state index is -1.82. The maximum absolute atomic E-state index is 10.3. The van der Waals surface area contributed by atoms with Crippen molar-refractivity contribution in [1.29, 1.82) is 0 Å². The summed E-state index contributed by atoms with van der Waals surface area (Å²) in [5.41, 5.74) is -0.0671. The highest BCUT2D eigenvalue weighted by atomic mass is 16.5. The van der Waals surface area contributed by atoms with Gasteiger partial charge in [-0.25, -0.2) is 14.4 Å². The van der Waals surface area contributed by atoms with E-state index in [0.717, 1.165) is 0 Å². The van der Waals surface area contributed by atoms with Crippen LogP contribution in [0.25, 0.3) is 0 Å². The zero-order chi connectivity index (χ0) is 20.0. The first-order chi connectivity index (χ1) is 11.5. The number of aromatic hydroxyl groups is 1. The molecule has 0 amide bonds. The van der Waals surface area contributed by atoms with Crippen molar-refractivity contribution in [2.24, 2.45) is 0 Å². The Hall–Kier alpha value is -2.69. The van der Waals surface area contributed by atoms with E-state index in [-0.39, 0.29) is 24.0 Å². The Balaban J connectivity index is 0. The van der Waals surface area contributed by atoms with Gasteiger partial charge in [0.2, 0.25) is 0 Å². The van der Waals surface area contributed by atoms with E-state index >= 15 is 0 Å². The molecular weight excluding hydrogens is 340 g/mol. The Labute approximate surface area is 143 Å². The molecule has 0 aliphatic carbocycles. The standard InChI is InChI=1S/C7H6O3.C6H14O3.C2H2O4/c8-6-4-2-1-3-5(6)7(9)10;1-5(8)4-9-6(2)3-7;3-1(4)2(5)6/h1-4,8H,(H,9,10);5-8H,3-4H2,1-2H3;(H,3,4)(H,5,6). The maximum atomic E-state index is 10.3. The average Bonchev–Trinajstić information content (AvgIpc) is 2.53. The minimum absolute atomic E-state index is 0.00667. The van der Waals surface area contributed by atoms with Crippen molar-refractivity contribution in [3.63, 3.8) is 0 Å². The van der Waals surface area contributed by atoms with Gasteiger partial charge in [0, 0.05) is 0 Å². The Morgan fingerprint density at radius 1 is 1.04 bits per heavy atom. The summed E-state index contributed by atoms with van der Waals surface area (Å²) < 4.78 is 4.95. The number of aliphatic carboxylic acids is 2. The highest BCUT2D eigenvalue weighted by molar-refractivity contribution is 6.27. The Bertz CT molecular complexity index is 529. The molecule has 0 spiro atoms. The summed E-state index contributed by atoms with van der Waals surface area (Å²) >= 11 is 0. The van der Waals surface area contributed by atoms with Gasteiger partial charge in [-0.3, -0.25) is 0 Å². The number of carboxylic acid groups (broad SMARTS) is 3. The van der Waals surface area contributed by atoms with Crippen LogP contribution in [0.15, 0.2) is 24.3 Å². The molecule has 0 radical (unpaired) electrons. The molecule has 1 rings (SSSR count). The monoisotopic (exact) mass is 362 g/mol. The number of aliphatic hydroxyl groups excluding tert-OH is 2. The number of para-hydroxylation sites is 1. The number of carboxylic acids is 3. The van der Waals surface area contributed by atoms with Crippen LogP contribution in [0.4, 0.5) is 0 Å². The lowest BCUT2D eigenvalue weighted by Gasteiger charge is -2.10. The Morgan fingerprint density at radius 3 is 1.80 bits per heavy atom. The molecule has 1 aromatic rings. The van der Waals surface area contributed by atoms with Gasteiger partial charge in [0.15, 0.2) is 0 Å². The number of ether oxygens (including phenoxy) is 1. The van der Waals surface area contributed by atoms with Crippen LogP contribution >= 0.6 is 0 Å². The highest BCUT2D eigenvalue weighted by Gasteiger charge is 2.05. The molecule has 0 saturated heterocycles. The van der Waals surface area contributed by atoms with Gasteiger partial charge in [-0.1, -0.05) is 12.1 Å². The number of hydrogen-bond acceptors (Lipinski definition) is 7.